The van der Waals surface area contributed by atoms with E-state index in [1.807, 2.05) is 30.3 Å². The van der Waals surface area contributed by atoms with Crippen LogP contribution >= 0.6 is 0 Å². The topological polar surface area (TPSA) is 97.7 Å². The molecule has 132 valence electrons. The molecule has 0 saturated heterocycles. The summed E-state index contributed by atoms with van der Waals surface area (Å²) in [5.74, 6) is 0.450. The van der Waals surface area contributed by atoms with Crippen LogP contribution in [0.15, 0.2) is 47.5 Å². The van der Waals surface area contributed by atoms with E-state index < -0.39 is 0 Å². The Hall–Kier alpha value is -3.26. The summed E-state index contributed by atoms with van der Waals surface area (Å²) in [7, 11) is 1.63. The highest BCUT2D eigenvalue weighted by molar-refractivity contribution is 6.01. The first kappa shape index (κ1) is 16.2. The van der Waals surface area contributed by atoms with Gasteiger partial charge in [0.15, 0.2) is 5.65 Å². The van der Waals surface area contributed by atoms with Crippen molar-refractivity contribution >= 4 is 27.9 Å². The number of methoxy groups -OCH3 is 1. The monoisotopic (exact) mass is 350 g/mol. The largest absolute Gasteiger partial charge is 0.383 e. The average Bonchev–Trinajstić information content (AvgIpc) is 3.16. The van der Waals surface area contributed by atoms with Gasteiger partial charge >= 0.3 is 0 Å². The number of nitrogens with one attached hydrogen (secondary N) is 2. The Morgan fingerprint density at radius 1 is 1.23 bits per heavy atom. The first-order valence-electron chi connectivity index (χ1n) is 8.27. The van der Waals surface area contributed by atoms with Crippen molar-refractivity contribution in [1.82, 2.24) is 24.7 Å². The molecule has 3 aromatic heterocycles. The number of fused-ring (bicyclic) bond motifs is 3. The summed E-state index contributed by atoms with van der Waals surface area (Å²) in [6.45, 7) is 1.54. The Morgan fingerprint density at radius 2 is 2.08 bits per heavy atom. The second-order valence-electron chi connectivity index (χ2n) is 5.87. The van der Waals surface area contributed by atoms with Crippen molar-refractivity contribution in [3.05, 3.63) is 58.6 Å². The fourth-order valence-corrected chi connectivity index (χ4v) is 2.91. The van der Waals surface area contributed by atoms with Gasteiger partial charge in [0.1, 0.15) is 5.52 Å². The van der Waals surface area contributed by atoms with Crippen LogP contribution in [0.2, 0.25) is 0 Å². The van der Waals surface area contributed by atoms with Gasteiger partial charge in [0.25, 0.3) is 5.56 Å². The number of hydrogen-bond donors (Lipinski definition) is 2. The minimum Gasteiger partial charge on any atom is -0.383 e. The molecule has 0 spiro atoms. The highest BCUT2D eigenvalue weighted by atomic mass is 16.5. The van der Waals surface area contributed by atoms with Crippen LogP contribution in [0.1, 0.15) is 5.56 Å². The van der Waals surface area contributed by atoms with Gasteiger partial charge in [0.2, 0.25) is 5.95 Å². The van der Waals surface area contributed by atoms with Crippen molar-refractivity contribution in [2.75, 3.05) is 25.6 Å². The van der Waals surface area contributed by atoms with Crippen molar-refractivity contribution in [3.8, 4) is 0 Å². The van der Waals surface area contributed by atoms with E-state index in [0.717, 1.165) is 10.9 Å². The minimum atomic E-state index is -0.133. The predicted octanol–water partition coefficient (Wildman–Crippen LogP) is 1.77. The summed E-state index contributed by atoms with van der Waals surface area (Å²) in [5, 5.41) is 11.3. The maximum Gasteiger partial charge on any atom is 0.263 e. The van der Waals surface area contributed by atoms with Crippen LogP contribution in [0.4, 0.5) is 5.95 Å². The summed E-state index contributed by atoms with van der Waals surface area (Å²) in [6.07, 6.45) is 3.31. The van der Waals surface area contributed by atoms with Crippen LogP contribution in [0.25, 0.3) is 21.9 Å². The van der Waals surface area contributed by atoms with E-state index >= 15 is 0 Å². The molecule has 3 heterocycles. The van der Waals surface area contributed by atoms with Crippen molar-refractivity contribution in [1.29, 1.82) is 0 Å². The Balaban J connectivity index is 1.88. The normalized spacial score (nSPS) is 11.3. The summed E-state index contributed by atoms with van der Waals surface area (Å²) < 4.78 is 6.69. The SMILES string of the molecule is COCCNc1ncc2c3n[nH]cc3c(=O)n(Cc3ccccc3)c2n1. The zero-order valence-electron chi connectivity index (χ0n) is 14.3. The molecule has 0 saturated carbocycles. The fraction of sp³-hybridized carbons (Fsp3) is 0.222. The third-order valence-electron chi connectivity index (χ3n) is 4.17. The Morgan fingerprint density at radius 3 is 2.88 bits per heavy atom. The molecule has 8 nitrogen and oxygen atoms in total. The molecule has 0 radical (unpaired) electrons. The first-order valence-corrected chi connectivity index (χ1v) is 8.27. The predicted molar refractivity (Wildman–Crippen MR) is 99.4 cm³/mol. The lowest BCUT2D eigenvalue weighted by molar-refractivity contribution is 0.210. The number of hydrogen-bond acceptors (Lipinski definition) is 6. The van der Waals surface area contributed by atoms with Crippen LogP contribution in [-0.4, -0.2) is 45.0 Å². The molecule has 4 aromatic rings. The van der Waals surface area contributed by atoms with E-state index in [-0.39, 0.29) is 5.56 Å². The van der Waals surface area contributed by atoms with Crippen LogP contribution < -0.4 is 10.9 Å². The van der Waals surface area contributed by atoms with Crippen molar-refractivity contribution < 1.29 is 4.74 Å². The van der Waals surface area contributed by atoms with Gasteiger partial charge in [-0.2, -0.15) is 10.1 Å². The van der Waals surface area contributed by atoms with Crippen LogP contribution in [-0.2, 0) is 11.3 Å². The zero-order chi connectivity index (χ0) is 17.9. The molecule has 0 bridgehead atoms. The molecule has 0 atom stereocenters. The molecule has 8 heteroatoms. The Labute approximate surface area is 148 Å². The molecule has 0 aliphatic rings. The number of ether oxygens (including phenoxy) is 1. The summed E-state index contributed by atoms with van der Waals surface area (Å²) in [6, 6.07) is 9.81. The molecular formula is C18H18N6O2. The van der Waals surface area contributed by atoms with Gasteiger partial charge in [0, 0.05) is 26.0 Å². The third kappa shape index (κ3) is 2.91. The molecule has 2 N–H and O–H groups in total. The first-order chi connectivity index (χ1) is 12.8. The standard InChI is InChI=1S/C18H18N6O2/c1-26-8-7-19-18-20-9-13-15-14(10-21-23-15)17(25)24(16(13)22-18)11-12-5-3-2-4-6-12/h2-6,9-10H,7-8,11H2,1H3,(H,21,23)(H,19,20,22). The maximum atomic E-state index is 13.0. The van der Waals surface area contributed by atoms with Crippen LogP contribution in [0.3, 0.4) is 0 Å². The lowest BCUT2D eigenvalue weighted by Crippen LogP contribution is -2.22. The van der Waals surface area contributed by atoms with Gasteiger partial charge < -0.3 is 10.1 Å². The maximum absolute atomic E-state index is 13.0. The van der Waals surface area contributed by atoms with Crippen molar-refractivity contribution in [2.45, 2.75) is 6.54 Å². The van der Waals surface area contributed by atoms with Gasteiger partial charge in [-0.05, 0) is 5.56 Å². The van der Waals surface area contributed by atoms with E-state index in [1.165, 1.54) is 0 Å². The van der Waals surface area contributed by atoms with Gasteiger partial charge in [-0.3, -0.25) is 14.5 Å². The van der Waals surface area contributed by atoms with Crippen molar-refractivity contribution in [3.63, 3.8) is 0 Å². The second-order valence-corrected chi connectivity index (χ2v) is 5.87. The summed E-state index contributed by atoms with van der Waals surface area (Å²) in [5.41, 5.74) is 2.02. The number of anilines is 1. The van der Waals surface area contributed by atoms with Gasteiger partial charge in [-0.1, -0.05) is 30.3 Å². The Bertz CT molecular complexity index is 1100. The van der Waals surface area contributed by atoms with E-state index in [9.17, 15) is 4.79 Å². The Kier molecular flexibility index (Phi) is 4.32. The molecule has 0 unspecified atom stereocenters. The number of benzene rings is 1. The van der Waals surface area contributed by atoms with E-state index in [1.54, 1.807) is 24.1 Å². The smallest absolute Gasteiger partial charge is 0.263 e. The molecule has 0 aliphatic carbocycles. The third-order valence-corrected chi connectivity index (χ3v) is 4.17. The van der Waals surface area contributed by atoms with Crippen LogP contribution in [0.5, 0.6) is 0 Å². The highest BCUT2D eigenvalue weighted by Gasteiger charge is 2.15. The van der Waals surface area contributed by atoms with Crippen LogP contribution in [0, 0.1) is 0 Å². The molecule has 1 aromatic carbocycles. The summed E-state index contributed by atoms with van der Waals surface area (Å²) >= 11 is 0. The minimum absolute atomic E-state index is 0.133. The highest BCUT2D eigenvalue weighted by Crippen LogP contribution is 2.20. The molecule has 26 heavy (non-hydrogen) atoms. The number of rotatable bonds is 6. The number of nitrogens with zero attached hydrogens (tertiary/aromatic N) is 4. The lowest BCUT2D eigenvalue weighted by atomic mass is 10.2. The quantitative estimate of drug-likeness (QED) is 0.514. The lowest BCUT2D eigenvalue weighted by Gasteiger charge is -2.12. The van der Waals surface area contributed by atoms with E-state index in [0.29, 0.717) is 42.2 Å². The van der Waals surface area contributed by atoms with Crippen molar-refractivity contribution in [2.24, 2.45) is 0 Å². The van der Waals surface area contributed by atoms with Gasteiger partial charge in [0.05, 0.1) is 23.9 Å². The molecular weight excluding hydrogens is 332 g/mol. The second kappa shape index (κ2) is 6.93. The molecule has 0 fully saturated rings. The van der Waals surface area contributed by atoms with E-state index in [2.05, 4.69) is 25.5 Å². The number of aromatic nitrogens is 5. The number of H-pyrrole nitrogens is 1. The number of aromatic amines is 1. The molecule has 4 rings (SSSR count). The molecule has 0 aliphatic heterocycles. The van der Waals surface area contributed by atoms with E-state index in [4.69, 9.17) is 4.74 Å². The molecule has 0 amide bonds. The number of pyridine rings is 1. The average molecular weight is 350 g/mol. The van der Waals surface area contributed by atoms with Gasteiger partial charge in [-0.15, -0.1) is 0 Å². The summed E-state index contributed by atoms with van der Waals surface area (Å²) in [4.78, 5) is 21.9. The fourth-order valence-electron chi connectivity index (χ4n) is 2.91. The zero-order valence-corrected chi connectivity index (χ0v) is 14.3. The van der Waals surface area contributed by atoms with Gasteiger partial charge in [-0.25, -0.2) is 4.98 Å².